The van der Waals surface area contributed by atoms with Gasteiger partial charge in [0.1, 0.15) is 0 Å². The van der Waals surface area contributed by atoms with Crippen LogP contribution in [0.3, 0.4) is 0 Å². The molecule has 0 saturated heterocycles. The van der Waals surface area contributed by atoms with Crippen molar-refractivity contribution in [2.24, 2.45) is 0 Å². The summed E-state index contributed by atoms with van der Waals surface area (Å²) in [5.74, 6) is -1.56. The topological polar surface area (TPSA) is 113 Å². The Kier molecular flexibility index (Phi) is 6.31. The van der Waals surface area contributed by atoms with Gasteiger partial charge in [-0.25, -0.2) is 0 Å². The van der Waals surface area contributed by atoms with Gasteiger partial charge in [0.2, 0.25) is 6.41 Å². The molecule has 0 unspecified atom stereocenters. The molecule has 3 amide bonds. The molecular formula is C12H15ClN4O3. The molecular weight excluding hydrogens is 284 g/mol. The van der Waals surface area contributed by atoms with Gasteiger partial charge in [-0.05, 0) is 24.6 Å². The van der Waals surface area contributed by atoms with Crippen LogP contribution < -0.4 is 21.7 Å². The van der Waals surface area contributed by atoms with Crippen molar-refractivity contribution in [1.82, 2.24) is 10.6 Å². The standard InChI is InChI=1S/C12H15ClN4O3/c13-9-6-8(2-3-10(9)14)17-12(20)11(19)16-5-1-4-15-7-18/h2-3,6-7H,1,4-5,14H2,(H,15,18)(H,16,19)(H,17,20). The molecule has 1 rings (SSSR count). The fraction of sp³-hybridized carbons (Fsp3) is 0.250. The van der Waals surface area contributed by atoms with Crippen LogP contribution in [0.25, 0.3) is 0 Å². The Morgan fingerprint density at radius 2 is 2.00 bits per heavy atom. The lowest BCUT2D eigenvalue weighted by Crippen LogP contribution is -2.36. The third kappa shape index (κ3) is 5.15. The van der Waals surface area contributed by atoms with Gasteiger partial charge in [-0.15, -0.1) is 0 Å². The monoisotopic (exact) mass is 298 g/mol. The molecule has 0 spiro atoms. The summed E-state index contributed by atoms with van der Waals surface area (Å²) >= 11 is 5.80. The minimum absolute atomic E-state index is 0.287. The molecule has 1 aromatic rings. The first kappa shape index (κ1) is 15.8. The fourth-order valence-corrected chi connectivity index (χ4v) is 1.50. The molecule has 0 saturated carbocycles. The molecule has 0 aliphatic carbocycles. The molecule has 0 heterocycles. The summed E-state index contributed by atoms with van der Waals surface area (Å²) in [7, 11) is 0. The number of amides is 3. The molecule has 0 aromatic heterocycles. The Morgan fingerprint density at radius 1 is 1.25 bits per heavy atom. The number of nitrogen functional groups attached to an aromatic ring is 1. The van der Waals surface area contributed by atoms with Crippen molar-refractivity contribution in [1.29, 1.82) is 0 Å². The number of hydrogen-bond acceptors (Lipinski definition) is 4. The van der Waals surface area contributed by atoms with Crippen LogP contribution in [-0.2, 0) is 14.4 Å². The summed E-state index contributed by atoms with van der Waals surface area (Å²) in [5.41, 5.74) is 6.30. The first-order valence-electron chi connectivity index (χ1n) is 5.86. The number of halogens is 1. The van der Waals surface area contributed by atoms with E-state index < -0.39 is 11.8 Å². The van der Waals surface area contributed by atoms with Gasteiger partial charge >= 0.3 is 11.8 Å². The van der Waals surface area contributed by atoms with E-state index in [9.17, 15) is 14.4 Å². The van der Waals surface area contributed by atoms with E-state index in [-0.39, 0.29) is 6.54 Å². The second kappa shape index (κ2) is 8.00. The minimum Gasteiger partial charge on any atom is -0.398 e. The van der Waals surface area contributed by atoms with E-state index in [1.165, 1.54) is 12.1 Å². The van der Waals surface area contributed by atoms with Crippen molar-refractivity contribution < 1.29 is 14.4 Å². The third-order valence-corrected chi connectivity index (χ3v) is 2.66. The zero-order valence-corrected chi connectivity index (χ0v) is 11.4. The molecule has 5 N–H and O–H groups in total. The van der Waals surface area contributed by atoms with Gasteiger partial charge < -0.3 is 21.7 Å². The predicted molar refractivity (Wildman–Crippen MR) is 76.2 cm³/mol. The van der Waals surface area contributed by atoms with Crippen LogP contribution in [-0.4, -0.2) is 31.3 Å². The van der Waals surface area contributed by atoms with Crippen LogP contribution in [0.5, 0.6) is 0 Å². The molecule has 108 valence electrons. The average Bonchev–Trinajstić information content (AvgIpc) is 2.42. The minimum atomic E-state index is -0.797. The summed E-state index contributed by atoms with van der Waals surface area (Å²) in [6.07, 6.45) is 1.10. The SMILES string of the molecule is Nc1ccc(NC(=O)C(=O)NCCCNC=O)cc1Cl. The second-order valence-corrected chi connectivity index (χ2v) is 4.28. The van der Waals surface area contributed by atoms with Crippen molar-refractivity contribution >= 4 is 41.2 Å². The zero-order valence-electron chi connectivity index (χ0n) is 10.6. The molecule has 0 radical (unpaired) electrons. The van der Waals surface area contributed by atoms with Crippen molar-refractivity contribution in [3.05, 3.63) is 23.2 Å². The molecule has 0 fully saturated rings. The van der Waals surface area contributed by atoms with Crippen molar-refractivity contribution in [2.75, 3.05) is 24.1 Å². The van der Waals surface area contributed by atoms with Gasteiger partial charge in [-0.3, -0.25) is 14.4 Å². The van der Waals surface area contributed by atoms with E-state index in [2.05, 4.69) is 16.0 Å². The highest BCUT2D eigenvalue weighted by molar-refractivity contribution is 6.40. The Labute approximate surface area is 120 Å². The Hall–Kier alpha value is -2.28. The molecule has 1 aromatic carbocycles. The number of nitrogens with one attached hydrogen (secondary N) is 3. The van der Waals surface area contributed by atoms with Gasteiger partial charge in [0.05, 0.1) is 10.7 Å². The summed E-state index contributed by atoms with van der Waals surface area (Å²) < 4.78 is 0. The lowest BCUT2D eigenvalue weighted by atomic mass is 10.3. The first-order chi connectivity index (χ1) is 9.54. The molecule has 0 atom stereocenters. The average molecular weight is 299 g/mol. The first-order valence-corrected chi connectivity index (χ1v) is 6.23. The third-order valence-electron chi connectivity index (χ3n) is 2.33. The summed E-state index contributed by atoms with van der Waals surface area (Å²) in [6, 6.07) is 4.53. The highest BCUT2D eigenvalue weighted by atomic mass is 35.5. The summed E-state index contributed by atoms with van der Waals surface area (Å²) in [5, 5.41) is 7.56. The van der Waals surface area contributed by atoms with Crippen LogP contribution in [0, 0.1) is 0 Å². The van der Waals surface area contributed by atoms with E-state index in [4.69, 9.17) is 17.3 Å². The maximum atomic E-state index is 11.6. The number of carbonyl (C=O) groups excluding carboxylic acids is 3. The van der Waals surface area contributed by atoms with Crippen molar-refractivity contribution in [3.63, 3.8) is 0 Å². The second-order valence-electron chi connectivity index (χ2n) is 3.87. The van der Waals surface area contributed by atoms with E-state index >= 15 is 0 Å². The summed E-state index contributed by atoms with van der Waals surface area (Å²) in [6.45, 7) is 0.717. The molecule has 7 nitrogen and oxygen atoms in total. The predicted octanol–water partition coefficient (Wildman–Crippen LogP) is 0.113. The molecule has 8 heteroatoms. The normalized spacial score (nSPS) is 9.65. The zero-order chi connectivity index (χ0) is 15.0. The molecule has 20 heavy (non-hydrogen) atoms. The largest absolute Gasteiger partial charge is 0.398 e. The van der Waals surface area contributed by atoms with Gasteiger partial charge in [0.15, 0.2) is 0 Å². The molecule has 0 aliphatic rings. The Balaban J connectivity index is 2.39. The maximum Gasteiger partial charge on any atom is 0.313 e. The maximum absolute atomic E-state index is 11.6. The van der Waals surface area contributed by atoms with Crippen molar-refractivity contribution in [3.8, 4) is 0 Å². The lowest BCUT2D eigenvalue weighted by molar-refractivity contribution is -0.136. The quantitative estimate of drug-likeness (QED) is 0.258. The van der Waals surface area contributed by atoms with Crippen LogP contribution in [0.15, 0.2) is 18.2 Å². The van der Waals surface area contributed by atoms with Crippen LogP contribution in [0.2, 0.25) is 5.02 Å². The number of hydrogen-bond donors (Lipinski definition) is 4. The van der Waals surface area contributed by atoms with Gasteiger partial charge in [0, 0.05) is 18.8 Å². The van der Waals surface area contributed by atoms with E-state index in [1.54, 1.807) is 6.07 Å². The van der Waals surface area contributed by atoms with Gasteiger partial charge in [-0.1, -0.05) is 11.6 Å². The van der Waals surface area contributed by atoms with E-state index in [0.29, 0.717) is 35.8 Å². The van der Waals surface area contributed by atoms with Gasteiger partial charge in [-0.2, -0.15) is 0 Å². The van der Waals surface area contributed by atoms with Crippen LogP contribution >= 0.6 is 11.6 Å². The summed E-state index contributed by atoms with van der Waals surface area (Å²) in [4.78, 5) is 33.0. The number of rotatable bonds is 6. The highest BCUT2D eigenvalue weighted by Gasteiger charge is 2.13. The molecule has 0 bridgehead atoms. The van der Waals surface area contributed by atoms with Crippen LogP contribution in [0.4, 0.5) is 11.4 Å². The van der Waals surface area contributed by atoms with Crippen molar-refractivity contribution in [2.45, 2.75) is 6.42 Å². The fourth-order valence-electron chi connectivity index (χ4n) is 1.32. The highest BCUT2D eigenvalue weighted by Crippen LogP contribution is 2.22. The number of nitrogens with two attached hydrogens (primary N) is 1. The van der Waals surface area contributed by atoms with Gasteiger partial charge in [0.25, 0.3) is 0 Å². The van der Waals surface area contributed by atoms with E-state index in [0.717, 1.165) is 0 Å². The van der Waals surface area contributed by atoms with Crippen LogP contribution in [0.1, 0.15) is 6.42 Å². The Morgan fingerprint density at radius 3 is 2.65 bits per heavy atom. The number of anilines is 2. The Bertz CT molecular complexity index is 507. The smallest absolute Gasteiger partial charge is 0.313 e. The lowest BCUT2D eigenvalue weighted by Gasteiger charge is -2.07. The molecule has 0 aliphatic heterocycles. The van der Waals surface area contributed by atoms with E-state index in [1.807, 2.05) is 0 Å². The number of benzene rings is 1. The number of carbonyl (C=O) groups is 3.